The second kappa shape index (κ2) is 10.3. The number of hydrogen-bond acceptors (Lipinski definition) is 7. The number of aryl methyl sites for hydroxylation is 1. The number of nitrogens with zero attached hydrogens (tertiary/aromatic N) is 4. The fraction of sp³-hybridized carbons (Fsp3) is 0.214. The normalized spacial score (nSPS) is 13.1. The average molecular weight is 564 g/mol. The molecule has 198 valence electrons. The molecule has 5 aromatic rings. The number of nitrogens with one attached hydrogen (secondary N) is 1. The molecule has 1 unspecified atom stereocenters. The second-order valence-electron chi connectivity index (χ2n) is 9.21. The van der Waals surface area contributed by atoms with E-state index in [1.54, 1.807) is 46.5 Å². The van der Waals surface area contributed by atoms with E-state index in [0.29, 0.717) is 35.0 Å². The molecule has 6 rings (SSSR count). The second-order valence-corrected chi connectivity index (χ2v) is 10.6. The van der Waals surface area contributed by atoms with Crippen molar-refractivity contribution in [3.05, 3.63) is 82.6 Å². The van der Waals surface area contributed by atoms with Crippen LogP contribution in [-0.4, -0.2) is 30.8 Å². The van der Waals surface area contributed by atoms with Crippen LogP contribution < -0.4 is 10.1 Å². The number of rotatable bonds is 8. The number of aromatic nitrogens is 4. The van der Waals surface area contributed by atoms with Crippen molar-refractivity contribution in [2.45, 2.75) is 38.8 Å². The number of aliphatic carboxylic acids is 1. The van der Waals surface area contributed by atoms with Crippen LogP contribution in [0.1, 0.15) is 36.2 Å². The number of carboxylic acid groups (broad SMARTS) is 1. The first-order valence-electron chi connectivity index (χ1n) is 12.4. The topological polar surface area (TPSA) is 102 Å². The number of anilines is 2. The van der Waals surface area contributed by atoms with Gasteiger partial charge in [0, 0.05) is 21.8 Å². The van der Waals surface area contributed by atoms with Crippen molar-refractivity contribution in [3.8, 4) is 16.2 Å². The number of ether oxygens (including phenoxy) is 1. The molecule has 11 heteroatoms. The van der Waals surface area contributed by atoms with E-state index in [0.717, 1.165) is 44.0 Å². The van der Waals surface area contributed by atoms with Crippen molar-refractivity contribution in [2.75, 3.05) is 5.32 Å². The van der Waals surface area contributed by atoms with Gasteiger partial charge in [-0.15, -0.1) is 11.3 Å². The maximum Gasteiger partial charge on any atom is 0.328 e. The summed E-state index contributed by atoms with van der Waals surface area (Å²) in [4.78, 5) is 22.7. The predicted octanol–water partition coefficient (Wildman–Crippen LogP) is 6.80. The molecule has 0 aliphatic heterocycles. The van der Waals surface area contributed by atoms with Gasteiger partial charge in [0.05, 0.1) is 16.6 Å². The lowest BCUT2D eigenvalue weighted by Crippen LogP contribution is -2.22. The third-order valence-electron chi connectivity index (χ3n) is 6.79. The van der Waals surface area contributed by atoms with Crippen molar-refractivity contribution in [3.63, 3.8) is 0 Å². The summed E-state index contributed by atoms with van der Waals surface area (Å²) in [6.07, 6.45) is 5.14. The van der Waals surface area contributed by atoms with E-state index in [1.807, 2.05) is 13.0 Å². The quantitative estimate of drug-likeness (QED) is 0.214. The van der Waals surface area contributed by atoms with E-state index in [-0.39, 0.29) is 12.4 Å². The summed E-state index contributed by atoms with van der Waals surface area (Å²) in [5.41, 5.74) is 4.45. The first-order chi connectivity index (χ1) is 18.9. The zero-order valence-corrected chi connectivity index (χ0v) is 22.4. The lowest BCUT2D eigenvalue weighted by atomic mass is 9.94. The molecule has 2 N–H and O–H groups in total. The molecule has 0 saturated carbocycles. The van der Waals surface area contributed by atoms with Crippen molar-refractivity contribution in [1.29, 1.82) is 0 Å². The molecule has 0 amide bonds. The Morgan fingerprint density at radius 2 is 2.13 bits per heavy atom. The molecule has 39 heavy (non-hydrogen) atoms. The van der Waals surface area contributed by atoms with Crippen LogP contribution in [-0.2, 0) is 24.2 Å². The minimum Gasteiger partial charge on any atom is -0.487 e. The summed E-state index contributed by atoms with van der Waals surface area (Å²) in [6.45, 7) is 2.05. The summed E-state index contributed by atoms with van der Waals surface area (Å²) in [6, 6.07) is 10.9. The Morgan fingerprint density at radius 3 is 2.90 bits per heavy atom. The van der Waals surface area contributed by atoms with Crippen molar-refractivity contribution >= 4 is 50.6 Å². The fourth-order valence-corrected chi connectivity index (χ4v) is 6.41. The smallest absolute Gasteiger partial charge is 0.328 e. The van der Waals surface area contributed by atoms with E-state index in [1.165, 1.54) is 18.5 Å². The standard InChI is InChI=1S/C28H23ClFN5O3S/c1-2-21(28(36)37)35-22-8-7-18-24-26(31-14-32-27(24)39-25(18)19(22)12-33-35)34-17-6-9-23(20(29)11-17)38-13-15-4-3-5-16(30)10-15/h3-6,9-12,14,21H,2,7-8,13H2,1H3,(H,36,37)(H,31,32,34). The van der Waals surface area contributed by atoms with E-state index in [9.17, 15) is 14.3 Å². The predicted molar refractivity (Wildman–Crippen MR) is 148 cm³/mol. The number of benzene rings is 2. The number of carbonyl (C=O) groups is 1. The highest BCUT2D eigenvalue weighted by atomic mass is 35.5. The minimum absolute atomic E-state index is 0.196. The van der Waals surface area contributed by atoms with Gasteiger partial charge in [0.2, 0.25) is 0 Å². The Hall–Kier alpha value is -4.02. The lowest BCUT2D eigenvalue weighted by molar-refractivity contribution is -0.141. The van der Waals surface area contributed by atoms with Gasteiger partial charge in [0.15, 0.2) is 0 Å². The number of halogens is 2. The van der Waals surface area contributed by atoms with Gasteiger partial charge in [-0.25, -0.2) is 19.2 Å². The van der Waals surface area contributed by atoms with E-state index < -0.39 is 12.0 Å². The third-order valence-corrected chi connectivity index (χ3v) is 8.26. The SMILES string of the molecule is CCC(C(=O)O)n1ncc2c1CCc1c-2sc2ncnc(Nc3ccc(OCc4cccc(F)c4)c(Cl)c3)c12. The summed E-state index contributed by atoms with van der Waals surface area (Å²) in [5.74, 6) is -0.0470. The molecule has 1 aliphatic rings. The molecule has 8 nitrogen and oxygen atoms in total. The number of thiophene rings is 1. The minimum atomic E-state index is -0.882. The van der Waals surface area contributed by atoms with Gasteiger partial charge in [0.1, 0.15) is 41.2 Å². The van der Waals surface area contributed by atoms with Crippen molar-refractivity contribution in [2.24, 2.45) is 0 Å². The molecular formula is C28H23ClFN5O3S. The third kappa shape index (κ3) is 4.70. The Bertz CT molecular complexity index is 1720. The molecule has 3 aromatic heterocycles. The van der Waals surface area contributed by atoms with Gasteiger partial charge < -0.3 is 15.2 Å². The van der Waals surface area contributed by atoms with Crippen LogP contribution in [0.5, 0.6) is 5.75 Å². The van der Waals surface area contributed by atoms with E-state index in [2.05, 4.69) is 20.4 Å². The molecule has 0 saturated heterocycles. The maximum absolute atomic E-state index is 13.5. The van der Waals surface area contributed by atoms with Gasteiger partial charge in [-0.05, 0) is 60.7 Å². The Morgan fingerprint density at radius 1 is 1.26 bits per heavy atom. The molecule has 1 aliphatic carbocycles. The molecule has 0 bridgehead atoms. The zero-order chi connectivity index (χ0) is 27.1. The van der Waals surface area contributed by atoms with Crippen LogP contribution in [0.2, 0.25) is 5.02 Å². The highest BCUT2D eigenvalue weighted by Crippen LogP contribution is 2.46. The molecular weight excluding hydrogens is 541 g/mol. The van der Waals surface area contributed by atoms with Crippen LogP contribution in [0.3, 0.4) is 0 Å². The van der Waals surface area contributed by atoms with Crippen molar-refractivity contribution < 1.29 is 19.0 Å². The fourth-order valence-electron chi connectivity index (χ4n) is 4.95. The monoisotopic (exact) mass is 563 g/mol. The van der Waals surface area contributed by atoms with Crippen LogP contribution in [0.15, 0.2) is 55.0 Å². The number of fused-ring (bicyclic) bond motifs is 5. The zero-order valence-electron chi connectivity index (χ0n) is 20.8. The van der Waals surface area contributed by atoms with E-state index in [4.69, 9.17) is 16.3 Å². The molecule has 1 atom stereocenters. The Kier molecular flexibility index (Phi) is 6.66. The van der Waals surface area contributed by atoms with Gasteiger partial charge in [-0.2, -0.15) is 5.10 Å². The Labute approximate surface area is 232 Å². The Balaban J connectivity index is 1.28. The maximum atomic E-state index is 13.5. The molecule has 0 radical (unpaired) electrons. The lowest BCUT2D eigenvalue weighted by Gasteiger charge is -2.19. The van der Waals surface area contributed by atoms with Crippen LogP contribution in [0, 0.1) is 5.82 Å². The van der Waals surface area contributed by atoms with Crippen LogP contribution >= 0.6 is 22.9 Å². The van der Waals surface area contributed by atoms with Gasteiger partial charge in [-0.1, -0.05) is 30.7 Å². The summed E-state index contributed by atoms with van der Waals surface area (Å²) in [5, 5.41) is 18.8. The highest BCUT2D eigenvalue weighted by Gasteiger charge is 2.30. The van der Waals surface area contributed by atoms with Gasteiger partial charge in [0.25, 0.3) is 0 Å². The summed E-state index contributed by atoms with van der Waals surface area (Å²) >= 11 is 8.06. The highest BCUT2D eigenvalue weighted by molar-refractivity contribution is 7.22. The first-order valence-corrected chi connectivity index (χ1v) is 13.6. The van der Waals surface area contributed by atoms with Gasteiger partial charge in [-0.3, -0.25) is 4.68 Å². The van der Waals surface area contributed by atoms with Crippen molar-refractivity contribution in [1.82, 2.24) is 19.7 Å². The number of hydrogen-bond donors (Lipinski definition) is 2. The van der Waals surface area contributed by atoms with Crippen LogP contribution in [0.4, 0.5) is 15.9 Å². The summed E-state index contributed by atoms with van der Waals surface area (Å²) in [7, 11) is 0. The largest absolute Gasteiger partial charge is 0.487 e. The number of carboxylic acids is 1. The van der Waals surface area contributed by atoms with E-state index >= 15 is 0 Å². The molecule has 3 heterocycles. The molecule has 0 fully saturated rings. The first kappa shape index (κ1) is 25.3. The molecule has 2 aromatic carbocycles. The summed E-state index contributed by atoms with van der Waals surface area (Å²) < 4.78 is 20.9. The van der Waals surface area contributed by atoms with Gasteiger partial charge >= 0.3 is 5.97 Å². The van der Waals surface area contributed by atoms with Crippen LogP contribution in [0.25, 0.3) is 20.7 Å². The molecule has 0 spiro atoms. The average Bonchev–Trinajstić information content (AvgIpc) is 3.51.